The number of hydrogen-bond acceptors (Lipinski definition) is 7. The summed E-state index contributed by atoms with van der Waals surface area (Å²) in [5.74, 6) is -0.469. The first-order valence-corrected chi connectivity index (χ1v) is 8.11. The van der Waals surface area contributed by atoms with Crippen LogP contribution in [0.2, 0.25) is 0 Å². The summed E-state index contributed by atoms with van der Waals surface area (Å²) >= 11 is 0.910. The SMILES string of the molecule is COc1cc(OC)nc(SC(OCCCC(C)(C)C)C(=O)O)n1. The van der Waals surface area contributed by atoms with Crippen LogP contribution >= 0.6 is 11.8 Å². The van der Waals surface area contributed by atoms with E-state index in [1.807, 2.05) is 0 Å². The average molecular weight is 344 g/mol. The number of thioether (sulfide) groups is 1. The van der Waals surface area contributed by atoms with Gasteiger partial charge >= 0.3 is 5.97 Å². The van der Waals surface area contributed by atoms with Gasteiger partial charge in [-0.3, -0.25) is 0 Å². The topological polar surface area (TPSA) is 90.8 Å². The van der Waals surface area contributed by atoms with Gasteiger partial charge in [-0.1, -0.05) is 20.8 Å². The van der Waals surface area contributed by atoms with E-state index in [2.05, 4.69) is 30.7 Å². The Balaban J connectivity index is 2.67. The lowest BCUT2D eigenvalue weighted by Crippen LogP contribution is -2.21. The Bertz CT molecular complexity index is 497. The number of aliphatic carboxylic acids is 1. The summed E-state index contributed by atoms with van der Waals surface area (Å²) in [5, 5.41) is 9.51. The molecule has 0 saturated carbocycles. The van der Waals surface area contributed by atoms with Crippen molar-refractivity contribution in [3.05, 3.63) is 6.07 Å². The summed E-state index contributed by atoms with van der Waals surface area (Å²) in [6, 6.07) is 1.52. The molecule has 8 heteroatoms. The Morgan fingerprint density at radius 1 is 1.26 bits per heavy atom. The molecule has 0 aromatic carbocycles. The fourth-order valence-electron chi connectivity index (χ4n) is 1.69. The molecule has 0 spiro atoms. The Morgan fingerprint density at radius 2 is 1.83 bits per heavy atom. The van der Waals surface area contributed by atoms with Crippen molar-refractivity contribution < 1.29 is 24.1 Å². The maximum atomic E-state index is 11.3. The second-order valence-electron chi connectivity index (χ2n) is 6.06. The van der Waals surface area contributed by atoms with Crippen LogP contribution in [0.5, 0.6) is 11.8 Å². The van der Waals surface area contributed by atoms with Gasteiger partial charge in [0.25, 0.3) is 0 Å². The number of carbonyl (C=O) groups is 1. The van der Waals surface area contributed by atoms with Gasteiger partial charge in [0.1, 0.15) is 0 Å². The van der Waals surface area contributed by atoms with E-state index in [0.717, 1.165) is 24.6 Å². The van der Waals surface area contributed by atoms with Gasteiger partial charge in [0.15, 0.2) is 5.16 Å². The van der Waals surface area contributed by atoms with Crippen LogP contribution in [0.15, 0.2) is 11.2 Å². The predicted octanol–water partition coefficient (Wildman–Crippen LogP) is 2.84. The maximum Gasteiger partial charge on any atom is 0.343 e. The molecule has 130 valence electrons. The zero-order valence-electron chi connectivity index (χ0n) is 14.2. The van der Waals surface area contributed by atoms with Gasteiger partial charge in [0, 0.05) is 6.61 Å². The summed E-state index contributed by atoms with van der Waals surface area (Å²) < 4.78 is 15.5. The van der Waals surface area contributed by atoms with Crippen LogP contribution in [0.3, 0.4) is 0 Å². The summed E-state index contributed by atoms with van der Waals surface area (Å²) in [6.07, 6.45) is 1.74. The van der Waals surface area contributed by atoms with Crippen LogP contribution in [-0.2, 0) is 9.53 Å². The third-order valence-electron chi connectivity index (χ3n) is 2.83. The first-order chi connectivity index (χ1) is 10.7. The summed E-state index contributed by atoms with van der Waals surface area (Å²) in [5.41, 5.74) is -0.884. The van der Waals surface area contributed by atoms with Crippen LogP contribution in [-0.4, -0.2) is 47.3 Å². The monoisotopic (exact) mass is 344 g/mol. The quantitative estimate of drug-likeness (QED) is 0.316. The number of ether oxygens (including phenoxy) is 3. The molecular weight excluding hydrogens is 320 g/mol. The third-order valence-corrected chi connectivity index (χ3v) is 3.78. The molecule has 0 aliphatic carbocycles. The lowest BCUT2D eigenvalue weighted by molar-refractivity contribution is -0.144. The standard InChI is InChI=1S/C15H24N2O5S/c1-15(2,3)7-6-8-22-13(12(18)19)23-14-16-10(20-4)9-11(17-14)21-5/h9,13H,6-8H2,1-5H3,(H,18,19). The zero-order valence-corrected chi connectivity index (χ0v) is 15.0. The molecule has 0 saturated heterocycles. The molecule has 0 aliphatic rings. The van der Waals surface area contributed by atoms with Crippen molar-refractivity contribution in [1.82, 2.24) is 9.97 Å². The van der Waals surface area contributed by atoms with Gasteiger partial charge in [0.05, 0.1) is 20.3 Å². The van der Waals surface area contributed by atoms with Gasteiger partial charge in [-0.15, -0.1) is 0 Å². The minimum Gasteiger partial charge on any atom is -0.481 e. The molecule has 0 aliphatic heterocycles. The van der Waals surface area contributed by atoms with E-state index < -0.39 is 11.4 Å². The molecule has 1 unspecified atom stereocenters. The first-order valence-electron chi connectivity index (χ1n) is 7.23. The highest BCUT2D eigenvalue weighted by molar-refractivity contribution is 8.00. The minimum absolute atomic E-state index is 0.193. The highest BCUT2D eigenvalue weighted by atomic mass is 32.2. The van der Waals surface area contributed by atoms with Gasteiger partial charge in [-0.2, -0.15) is 9.97 Å². The van der Waals surface area contributed by atoms with Gasteiger partial charge in [0.2, 0.25) is 17.2 Å². The van der Waals surface area contributed by atoms with E-state index in [-0.39, 0.29) is 10.6 Å². The Labute approximate surface area is 140 Å². The summed E-state index contributed by atoms with van der Waals surface area (Å²) in [6.45, 7) is 6.76. The van der Waals surface area contributed by atoms with Crippen LogP contribution < -0.4 is 9.47 Å². The smallest absolute Gasteiger partial charge is 0.343 e. The average Bonchev–Trinajstić information content (AvgIpc) is 2.48. The second-order valence-corrected chi connectivity index (χ2v) is 7.09. The summed E-state index contributed by atoms with van der Waals surface area (Å²) in [7, 11) is 2.93. The number of nitrogens with zero attached hydrogens (tertiary/aromatic N) is 2. The molecule has 1 aromatic heterocycles. The van der Waals surface area contributed by atoms with Gasteiger partial charge in [-0.25, -0.2) is 4.79 Å². The Hall–Kier alpha value is -1.54. The highest BCUT2D eigenvalue weighted by Crippen LogP contribution is 2.27. The van der Waals surface area contributed by atoms with Gasteiger partial charge in [-0.05, 0) is 30.0 Å². The van der Waals surface area contributed by atoms with Crippen molar-refractivity contribution in [1.29, 1.82) is 0 Å². The number of rotatable bonds is 9. The number of aromatic nitrogens is 2. The zero-order chi connectivity index (χ0) is 17.5. The maximum absolute atomic E-state index is 11.3. The minimum atomic E-state index is -1.08. The van der Waals surface area contributed by atoms with Crippen molar-refractivity contribution in [3.63, 3.8) is 0 Å². The predicted molar refractivity (Wildman–Crippen MR) is 87.1 cm³/mol. The molecule has 0 amide bonds. The fraction of sp³-hybridized carbons (Fsp3) is 0.667. The largest absolute Gasteiger partial charge is 0.481 e. The molecule has 1 rings (SSSR count). The highest BCUT2D eigenvalue weighted by Gasteiger charge is 2.22. The van der Waals surface area contributed by atoms with E-state index >= 15 is 0 Å². The molecule has 1 N–H and O–H groups in total. The summed E-state index contributed by atoms with van der Waals surface area (Å²) in [4.78, 5) is 19.5. The van der Waals surface area contributed by atoms with Crippen LogP contribution in [0.25, 0.3) is 0 Å². The second kappa shape index (κ2) is 8.93. The number of methoxy groups -OCH3 is 2. The van der Waals surface area contributed by atoms with E-state index in [1.54, 1.807) is 0 Å². The molecule has 23 heavy (non-hydrogen) atoms. The lowest BCUT2D eigenvalue weighted by atomic mass is 9.91. The van der Waals surface area contributed by atoms with E-state index in [1.165, 1.54) is 20.3 Å². The van der Waals surface area contributed by atoms with Crippen molar-refractivity contribution in [3.8, 4) is 11.8 Å². The normalized spacial score (nSPS) is 12.7. The van der Waals surface area contributed by atoms with Gasteiger partial charge < -0.3 is 19.3 Å². The number of hydrogen-bond donors (Lipinski definition) is 1. The molecule has 0 fully saturated rings. The van der Waals surface area contributed by atoms with Crippen molar-refractivity contribution in [2.45, 2.75) is 44.2 Å². The molecule has 0 radical (unpaired) electrons. The van der Waals surface area contributed by atoms with Crippen LogP contribution in [0, 0.1) is 5.41 Å². The Morgan fingerprint density at radius 3 is 2.26 bits per heavy atom. The van der Waals surface area contributed by atoms with E-state index in [0.29, 0.717) is 18.4 Å². The Kier molecular flexibility index (Phi) is 7.57. The lowest BCUT2D eigenvalue weighted by Gasteiger charge is -2.18. The molecule has 1 heterocycles. The van der Waals surface area contributed by atoms with Crippen LogP contribution in [0.1, 0.15) is 33.6 Å². The van der Waals surface area contributed by atoms with E-state index in [9.17, 15) is 9.90 Å². The molecule has 0 bridgehead atoms. The van der Waals surface area contributed by atoms with Crippen molar-refractivity contribution in [2.24, 2.45) is 5.41 Å². The van der Waals surface area contributed by atoms with Crippen molar-refractivity contribution >= 4 is 17.7 Å². The van der Waals surface area contributed by atoms with Crippen molar-refractivity contribution in [2.75, 3.05) is 20.8 Å². The number of carboxylic acids is 1. The first kappa shape index (κ1) is 19.5. The molecule has 7 nitrogen and oxygen atoms in total. The molecular formula is C15H24N2O5S. The third kappa shape index (κ3) is 7.51. The molecule has 1 atom stereocenters. The molecule has 1 aromatic rings. The van der Waals surface area contributed by atoms with Crippen LogP contribution in [0.4, 0.5) is 0 Å². The van der Waals surface area contributed by atoms with E-state index in [4.69, 9.17) is 14.2 Å². The number of carboxylic acid groups (broad SMARTS) is 1. The fourth-order valence-corrected chi connectivity index (χ4v) is 2.43.